The number of benzene rings is 1. The Morgan fingerprint density at radius 2 is 1.77 bits per heavy atom. The van der Waals surface area contributed by atoms with Crippen molar-refractivity contribution in [1.29, 1.82) is 0 Å². The number of rotatable bonds is 5. The number of aliphatic hydroxyl groups excluding tert-OH is 1. The van der Waals surface area contributed by atoms with Gasteiger partial charge in [-0.25, -0.2) is 9.18 Å². The largest absolute Gasteiger partial charge is 0.491 e. The molecule has 3 rings (SSSR count). The first-order valence-corrected chi connectivity index (χ1v) is 10.5. The molecule has 1 aromatic rings. The van der Waals surface area contributed by atoms with Gasteiger partial charge in [0.05, 0.1) is 6.04 Å². The first-order valence-electron chi connectivity index (χ1n) is 10.5. The summed E-state index contributed by atoms with van der Waals surface area (Å²) in [5.41, 5.74) is -0.628. The van der Waals surface area contributed by atoms with E-state index in [1.807, 2.05) is 0 Å². The predicted molar refractivity (Wildman–Crippen MR) is 109 cm³/mol. The van der Waals surface area contributed by atoms with Crippen LogP contribution in [0.1, 0.15) is 46.5 Å². The lowest BCUT2D eigenvalue weighted by Gasteiger charge is -2.34. The Hall–Kier alpha value is -2.35. The Morgan fingerprint density at radius 1 is 1.13 bits per heavy atom. The molecule has 2 aliphatic rings. The molecule has 0 saturated carbocycles. The van der Waals surface area contributed by atoms with Gasteiger partial charge in [0.1, 0.15) is 35.9 Å². The van der Waals surface area contributed by atoms with Gasteiger partial charge in [-0.3, -0.25) is 9.69 Å². The molecule has 0 bridgehead atoms. The van der Waals surface area contributed by atoms with Crippen LogP contribution < -0.4 is 4.74 Å². The van der Waals surface area contributed by atoms with Crippen LogP contribution in [0.3, 0.4) is 0 Å². The molecule has 2 fully saturated rings. The SMILES string of the molecule is CC(C)(C)OC(=O)N1CCC[C@@H]1C(=O)N1CCC[C@H]1C(O)COc1ccc(F)cc1. The summed E-state index contributed by atoms with van der Waals surface area (Å²) in [6, 6.07) is 4.63. The fraction of sp³-hybridized carbons (Fsp3) is 0.636. The lowest BCUT2D eigenvalue weighted by atomic mass is 10.1. The van der Waals surface area contributed by atoms with Crippen LogP contribution in [0.4, 0.5) is 9.18 Å². The monoisotopic (exact) mass is 422 g/mol. The van der Waals surface area contributed by atoms with Crippen molar-refractivity contribution in [1.82, 2.24) is 9.80 Å². The summed E-state index contributed by atoms with van der Waals surface area (Å²) >= 11 is 0. The smallest absolute Gasteiger partial charge is 0.410 e. The standard InChI is InChI=1S/C22H31FN2O5/c1-22(2,3)30-21(28)25-13-5-7-18(25)20(27)24-12-4-6-17(24)19(26)14-29-16-10-8-15(23)9-11-16/h8-11,17-19,26H,4-7,12-14H2,1-3H3/t17-,18+,19?/m0/s1. The molecule has 0 aliphatic carbocycles. The van der Waals surface area contributed by atoms with E-state index in [0.29, 0.717) is 31.7 Å². The van der Waals surface area contributed by atoms with E-state index in [1.54, 1.807) is 25.7 Å². The second-order valence-corrected chi connectivity index (χ2v) is 8.91. The fourth-order valence-corrected chi connectivity index (χ4v) is 4.04. The molecule has 166 valence electrons. The molecular formula is C22H31FN2O5. The number of aliphatic hydroxyl groups is 1. The number of ether oxygens (including phenoxy) is 2. The highest BCUT2D eigenvalue weighted by Crippen LogP contribution is 2.28. The van der Waals surface area contributed by atoms with Crippen LogP contribution in [-0.4, -0.2) is 70.4 Å². The van der Waals surface area contributed by atoms with Crippen LogP contribution in [0.5, 0.6) is 5.75 Å². The Morgan fingerprint density at radius 3 is 2.43 bits per heavy atom. The number of halogens is 1. The minimum absolute atomic E-state index is 0.000522. The maximum absolute atomic E-state index is 13.2. The van der Waals surface area contributed by atoms with Crippen LogP contribution in [0, 0.1) is 5.82 Å². The summed E-state index contributed by atoms with van der Waals surface area (Å²) in [7, 11) is 0. The zero-order chi connectivity index (χ0) is 21.9. The van der Waals surface area contributed by atoms with Crippen molar-refractivity contribution in [2.75, 3.05) is 19.7 Å². The van der Waals surface area contributed by atoms with Crippen LogP contribution in [0.15, 0.2) is 24.3 Å². The maximum atomic E-state index is 13.2. The van der Waals surface area contributed by atoms with Gasteiger partial charge >= 0.3 is 6.09 Å². The molecule has 0 radical (unpaired) electrons. The molecule has 2 amide bonds. The Balaban J connectivity index is 1.61. The van der Waals surface area contributed by atoms with E-state index in [-0.39, 0.29) is 24.4 Å². The summed E-state index contributed by atoms with van der Waals surface area (Å²) < 4.78 is 24.0. The third-order valence-electron chi connectivity index (χ3n) is 5.43. The van der Waals surface area contributed by atoms with Crippen LogP contribution in [-0.2, 0) is 9.53 Å². The quantitative estimate of drug-likeness (QED) is 0.789. The van der Waals surface area contributed by atoms with E-state index in [4.69, 9.17) is 9.47 Å². The summed E-state index contributed by atoms with van der Waals surface area (Å²) in [4.78, 5) is 28.9. The highest BCUT2D eigenvalue weighted by molar-refractivity contribution is 5.86. The van der Waals surface area contributed by atoms with Gasteiger partial charge in [-0.05, 0) is 70.7 Å². The average molecular weight is 422 g/mol. The van der Waals surface area contributed by atoms with E-state index in [0.717, 1.165) is 12.8 Å². The average Bonchev–Trinajstić information content (AvgIpc) is 3.35. The van der Waals surface area contributed by atoms with Crippen molar-refractivity contribution >= 4 is 12.0 Å². The minimum atomic E-state index is -0.877. The number of nitrogens with zero attached hydrogens (tertiary/aromatic N) is 2. The number of hydrogen-bond donors (Lipinski definition) is 1. The third kappa shape index (κ3) is 5.41. The van der Waals surface area contributed by atoms with Crippen LogP contribution in [0.2, 0.25) is 0 Å². The summed E-state index contributed by atoms with van der Waals surface area (Å²) in [6.45, 7) is 6.42. The molecule has 2 heterocycles. The summed E-state index contributed by atoms with van der Waals surface area (Å²) in [5, 5.41) is 10.7. The van der Waals surface area contributed by atoms with Gasteiger partial charge in [0.25, 0.3) is 0 Å². The predicted octanol–water partition coefficient (Wildman–Crippen LogP) is 2.96. The van der Waals surface area contributed by atoms with E-state index in [2.05, 4.69) is 0 Å². The highest BCUT2D eigenvalue weighted by Gasteiger charge is 2.43. The van der Waals surface area contributed by atoms with E-state index >= 15 is 0 Å². The van der Waals surface area contributed by atoms with Gasteiger partial charge in [0.15, 0.2) is 0 Å². The van der Waals surface area contributed by atoms with Crippen molar-refractivity contribution < 1.29 is 28.6 Å². The summed E-state index contributed by atoms with van der Waals surface area (Å²) in [5.74, 6) is -0.0542. The van der Waals surface area contributed by atoms with E-state index in [9.17, 15) is 19.1 Å². The molecule has 2 saturated heterocycles. The Bertz CT molecular complexity index is 749. The number of hydrogen-bond acceptors (Lipinski definition) is 5. The van der Waals surface area contributed by atoms with Crippen molar-refractivity contribution in [2.45, 2.75) is 70.2 Å². The van der Waals surface area contributed by atoms with Gasteiger partial charge in [0, 0.05) is 13.1 Å². The summed E-state index contributed by atoms with van der Waals surface area (Å²) in [6.07, 6.45) is 1.42. The normalized spacial score (nSPS) is 22.8. The van der Waals surface area contributed by atoms with Crippen molar-refractivity contribution in [2.24, 2.45) is 0 Å². The fourth-order valence-electron chi connectivity index (χ4n) is 4.04. The first-order chi connectivity index (χ1) is 14.2. The zero-order valence-electron chi connectivity index (χ0n) is 17.8. The molecule has 2 aliphatic heterocycles. The number of amides is 2. The maximum Gasteiger partial charge on any atom is 0.410 e. The minimum Gasteiger partial charge on any atom is -0.491 e. The second kappa shape index (κ2) is 9.20. The molecule has 0 spiro atoms. The van der Waals surface area contributed by atoms with Gasteiger partial charge in [-0.15, -0.1) is 0 Å². The molecule has 7 nitrogen and oxygen atoms in total. The molecule has 1 aromatic carbocycles. The molecular weight excluding hydrogens is 391 g/mol. The zero-order valence-corrected chi connectivity index (χ0v) is 17.8. The van der Waals surface area contributed by atoms with Crippen LogP contribution >= 0.6 is 0 Å². The van der Waals surface area contributed by atoms with Gasteiger partial charge in [-0.2, -0.15) is 0 Å². The van der Waals surface area contributed by atoms with Crippen molar-refractivity contribution in [3.63, 3.8) is 0 Å². The highest BCUT2D eigenvalue weighted by atomic mass is 19.1. The first kappa shape index (κ1) is 22.3. The molecule has 1 N–H and O–H groups in total. The van der Waals surface area contributed by atoms with Crippen molar-refractivity contribution in [3.8, 4) is 5.75 Å². The number of carbonyl (C=O) groups is 2. The lowest BCUT2D eigenvalue weighted by Crippen LogP contribution is -2.53. The molecule has 1 unspecified atom stereocenters. The number of carbonyl (C=O) groups excluding carboxylic acids is 2. The van der Waals surface area contributed by atoms with Crippen molar-refractivity contribution in [3.05, 3.63) is 30.1 Å². The second-order valence-electron chi connectivity index (χ2n) is 8.91. The molecule has 8 heteroatoms. The topological polar surface area (TPSA) is 79.3 Å². The van der Waals surface area contributed by atoms with Gasteiger partial charge in [-0.1, -0.05) is 0 Å². The third-order valence-corrected chi connectivity index (χ3v) is 5.43. The Kier molecular flexibility index (Phi) is 6.85. The molecule has 30 heavy (non-hydrogen) atoms. The van der Waals surface area contributed by atoms with E-state index < -0.39 is 23.8 Å². The molecule has 0 aromatic heterocycles. The molecule has 3 atom stereocenters. The lowest BCUT2D eigenvalue weighted by molar-refractivity contribution is -0.139. The number of likely N-dealkylation sites (tertiary alicyclic amines) is 2. The van der Waals surface area contributed by atoms with E-state index in [1.165, 1.54) is 29.2 Å². The van der Waals surface area contributed by atoms with Crippen LogP contribution in [0.25, 0.3) is 0 Å². The van der Waals surface area contributed by atoms with Gasteiger partial charge < -0.3 is 19.5 Å². The Labute approximate surface area is 176 Å². The van der Waals surface area contributed by atoms with Gasteiger partial charge in [0.2, 0.25) is 5.91 Å².